The molecule has 0 atom stereocenters. The van der Waals surface area contributed by atoms with Gasteiger partial charge in [0.2, 0.25) is 0 Å². The molecule has 4 nitrogen and oxygen atoms in total. The number of hydrogen-bond donors (Lipinski definition) is 2. The van der Waals surface area contributed by atoms with Gasteiger partial charge in [-0.25, -0.2) is 0 Å². The lowest BCUT2D eigenvalue weighted by atomic mass is 9.90. The van der Waals surface area contributed by atoms with Crippen LogP contribution < -0.4 is 5.32 Å². The van der Waals surface area contributed by atoms with Crippen LogP contribution in [-0.2, 0) is 4.74 Å². The number of carbonyl (C=O) groups excluding carboxylic acids is 1. The molecule has 104 valence electrons. The number of benzene rings is 1. The second-order valence-corrected chi connectivity index (χ2v) is 5.84. The average molecular weight is 328 g/mol. The van der Waals surface area contributed by atoms with E-state index >= 15 is 0 Å². The number of nitrogens with one attached hydrogen (secondary N) is 1. The normalized spacial score (nSPS) is 18.1. The molecule has 2 rings (SSSR count). The van der Waals surface area contributed by atoms with Gasteiger partial charge in [-0.1, -0.05) is 11.6 Å². The molecule has 1 fully saturated rings. The molecular formula is C14H18BrNO3. The number of aliphatic hydroxyl groups is 1. The molecular weight excluding hydrogens is 310 g/mol. The molecule has 0 bridgehead atoms. The van der Waals surface area contributed by atoms with Crippen molar-refractivity contribution >= 4 is 21.8 Å². The van der Waals surface area contributed by atoms with Crippen LogP contribution in [0.3, 0.4) is 0 Å². The Morgan fingerprint density at radius 1 is 1.47 bits per heavy atom. The van der Waals surface area contributed by atoms with E-state index in [0.717, 1.165) is 10.0 Å². The quantitative estimate of drug-likeness (QED) is 0.893. The number of hydrogen-bond acceptors (Lipinski definition) is 3. The first kappa shape index (κ1) is 14.5. The Kier molecular flexibility index (Phi) is 4.60. The van der Waals surface area contributed by atoms with E-state index in [1.807, 2.05) is 25.1 Å². The summed E-state index contributed by atoms with van der Waals surface area (Å²) in [5.41, 5.74) is 1.07. The molecule has 0 spiro atoms. The molecule has 1 heterocycles. The largest absolute Gasteiger partial charge is 0.394 e. The number of rotatable bonds is 3. The van der Waals surface area contributed by atoms with Gasteiger partial charge in [-0.05, 0) is 47.8 Å². The van der Waals surface area contributed by atoms with E-state index in [-0.39, 0.29) is 12.5 Å². The minimum Gasteiger partial charge on any atom is -0.394 e. The zero-order valence-corrected chi connectivity index (χ0v) is 12.5. The fraction of sp³-hybridized carbons (Fsp3) is 0.500. The minimum absolute atomic E-state index is 0.0640. The zero-order chi connectivity index (χ0) is 13.9. The fourth-order valence-electron chi connectivity index (χ4n) is 2.21. The molecule has 1 aliphatic heterocycles. The number of ether oxygens (including phenoxy) is 1. The van der Waals surface area contributed by atoms with Crippen LogP contribution in [0.1, 0.15) is 28.8 Å². The molecule has 2 N–H and O–H groups in total. The van der Waals surface area contributed by atoms with E-state index in [1.54, 1.807) is 0 Å². The van der Waals surface area contributed by atoms with E-state index < -0.39 is 5.54 Å². The van der Waals surface area contributed by atoms with Crippen molar-refractivity contribution in [1.82, 2.24) is 5.32 Å². The first-order chi connectivity index (χ1) is 9.06. The first-order valence-corrected chi connectivity index (χ1v) is 7.13. The molecule has 1 amide bonds. The maximum absolute atomic E-state index is 12.4. The van der Waals surface area contributed by atoms with Crippen LogP contribution in [0.2, 0.25) is 0 Å². The topological polar surface area (TPSA) is 58.6 Å². The van der Waals surface area contributed by atoms with Gasteiger partial charge in [0, 0.05) is 17.7 Å². The van der Waals surface area contributed by atoms with Crippen LogP contribution in [0.4, 0.5) is 0 Å². The highest BCUT2D eigenvalue weighted by molar-refractivity contribution is 9.10. The molecule has 0 unspecified atom stereocenters. The molecule has 1 saturated heterocycles. The van der Waals surface area contributed by atoms with E-state index in [4.69, 9.17) is 4.74 Å². The summed E-state index contributed by atoms with van der Waals surface area (Å²) in [6.07, 6.45) is 1.28. The van der Waals surface area contributed by atoms with Crippen molar-refractivity contribution < 1.29 is 14.6 Å². The number of carbonyl (C=O) groups is 1. The second-order valence-electron chi connectivity index (χ2n) is 4.99. The lowest BCUT2D eigenvalue weighted by Crippen LogP contribution is -2.54. The third-order valence-corrected chi connectivity index (χ3v) is 4.19. The SMILES string of the molecule is Cc1ccc(Br)c(C(=O)NC2(CO)CCOCC2)c1. The number of amides is 1. The van der Waals surface area contributed by atoms with E-state index in [2.05, 4.69) is 21.2 Å². The first-order valence-electron chi connectivity index (χ1n) is 6.34. The van der Waals surface area contributed by atoms with Gasteiger partial charge in [-0.15, -0.1) is 0 Å². The van der Waals surface area contributed by atoms with Crippen LogP contribution in [0, 0.1) is 6.92 Å². The Balaban J connectivity index is 2.17. The van der Waals surface area contributed by atoms with E-state index in [9.17, 15) is 9.90 Å². The average Bonchev–Trinajstić information content (AvgIpc) is 2.42. The highest BCUT2D eigenvalue weighted by Crippen LogP contribution is 2.23. The van der Waals surface area contributed by atoms with Crippen LogP contribution in [0.5, 0.6) is 0 Å². The second kappa shape index (κ2) is 6.03. The van der Waals surface area contributed by atoms with Crippen molar-refractivity contribution in [2.75, 3.05) is 19.8 Å². The van der Waals surface area contributed by atoms with Crippen molar-refractivity contribution in [3.63, 3.8) is 0 Å². The van der Waals surface area contributed by atoms with Gasteiger partial charge >= 0.3 is 0 Å². The Morgan fingerprint density at radius 2 is 2.16 bits per heavy atom. The standard InChI is InChI=1S/C14H18BrNO3/c1-10-2-3-12(15)11(8-10)13(18)16-14(9-17)4-6-19-7-5-14/h2-3,8,17H,4-7,9H2,1H3,(H,16,18). The molecule has 0 aromatic heterocycles. The highest BCUT2D eigenvalue weighted by atomic mass is 79.9. The third kappa shape index (κ3) is 3.35. The molecule has 1 aliphatic rings. The van der Waals surface area contributed by atoms with Gasteiger partial charge in [0.05, 0.1) is 17.7 Å². The molecule has 0 saturated carbocycles. The maximum atomic E-state index is 12.4. The summed E-state index contributed by atoms with van der Waals surface area (Å²) in [4.78, 5) is 12.4. The molecule has 0 radical (unpaired) electrons. The zero-order valence-electron chi connectivity index (χ0n) is 10.9. The van der Waals surface area contributed by atoms with Crippen molar-refractivity contribution in [2.24, 2.45) is 0 Å². The van der Waals surface area contributed by atoms with Gasteiger partial charge < -0.3 is 15.2 Å². The number of halogens is 1. The van der Waals surface area contributed by atoms with Gasteiger partial charge in [-0.2, -0.15) is 0 Å². The molecule has 0 aliphatic carbocycles. The van der Waals surface area contributed by atoms with E-state index in [0.29, 0.717) is 31.6 Å². The minimum atomic E-state index is -0.557. The molecule has 5 heteroatoms. The Bertz CT molecular complexity index is 470. The smallest absolute Gasteiger partial charge is 0.252 e. The van der Waals surface area contributed by atoms with Crippen LogP contribution in [0.25, 0.3) is 0 Å². The summed E-state index contributed by atoms with van der Waals surface area (Å²) in [6, 6.07) is 5.64. The predicted octanol–water partition coefficient (Wildman–Crippen LogP) is 2.03. The van der Waals surface area contributed by atoms with Crippen LogP contribution >= 0.6 is 15.9 Å². The Labute approximate surface area is 121 Å². The van der Waals surface area contributed by atoms with Crippen molar-refractivity contribution in [3.05, 3.63) is 33.8 Å². The monoisotopic (exact) mass is 327 g/mol. The van der Waals surface area contributed by atoms with E-state index in [1.165, 1.54) is 0 Å². The van der Waals surface area contributed by atoms with Crippen molar-refractivity contribution in [3.8, 4) is 0 Å². The van der Waals surface area contributed by atoms with Crippen molar-refractivity contribution in [1.29, 1.82) is 0 Å². The highest BCUT2D eigenvalue weighted by Gasteiger charge is 2.34. The molecule has 1 aromatic carbocycles. The Morgan fingerprint density at radius 3 is 2.79 bits per heavy atom. The maximum Gasteiger partial charge on any atom is 0.252 e. The van der Waals surface area contributed by atoms with Crippen molar-refractivity contribution in [2.45, 2.75) is 25.3 Å². The summed E-state index contributed by atoms with van der Waals surface area (Å²) in [6.45, 7) is 3.01. The summed E-state index contributed by atoms with van der Waals surface area (Å²) in [5.74, 6) is -0.161. The number of aliphatic hydroxyl groups excluding tert-OH is 1. The van der Waals surface area contributed by atoms with Gasteiger partial charge in [0.15, 0.2) is 0 Å². The molecule has 19 heavy (non-hydrogen) atoms. The summed E-state index contributed by atoms with van der Waals surface area (Å²) < 4.78 is 6.04. The van der Waals surface area contributed by atoms with Crippen LogP contribution in [0.15, 0.2) is 22.7 Å². The summed E-state index contributed by atoms with van der Waals surface area (Å²) in [7, 11) is 0. The van der Waals surface area contributed by atoms with Crippen LogP contribution in [-0.4, -0.2) is 36.4 Å². The third-order valence-electron chi connectivity index (χ3n) is 3.50. The fourth-order valence-corrected chi connectivity index (χ4v) is 2.63. The summed E-state index contributed by atoms with van der Waals surface area (Å²) in [5, 5.41) is 12.5. The molecule has 1 aromatic rings. The Hall–Kier alpha value is -0.910. The van der Waals surface area contributed by atoms with Gasteiger partial charge in [0.1, 0.15) is 0 Å². The lowest BCUT2D eigenvalue weighted by molar-refractivity contribution is 0.0125. The number of aryl methyl sites for hydroxylation is 1. The van der Waals surface area contributed by atoms with Gasteiger partial charge in [-0.3, -0.25) is 4.79 Å². The summed E-state index contributed by atoms with van der Waals surface area (Å²) >= 11 is 3.39. The lowest BCUT2D eigenvalue weighted by Gasteiger charge is -2.36. The predicted molar refractivity (Wildman–Crippen MR) is 76.2 cm³/mol. The van der Waals surface area contributed by atoms with Gasteiger partial charge in [0.25, 0.3) is 5.91 Å².